The predicted molar refractivity (Wildman–Crippen MR) is 70.1 cm³/mol. The van der Waals surface area contributed by atoms with Gasteiger partial charge in [-0.05, 0) is 38.0 Å². The van der Waals surface area contributed by atoms with E-state index in [0.717, 1.165) is 25.8 Å². The van der Waals surface area contributed by atoms with Gasteiger partial charge in [-0.15, -0.1) is 0 Å². The van der Waals surface area contributed by atoms with E-state index in [1.807, 2.05) is 6.92 Å². The SMILES string of the molecule is CC(C)CN(C1CC1)C(C)(CC(C)C)C(=O)O. The number of carbonyl (C=O) groups is 1. The van der Waals surface area contributed by atoms with Crippen LogP contribution in [0.5, 0.6) is 0 Å². The van der Waals surface area contributed by atoms with Crippen LogP contribution in [0.1, 0.15) is 53.9 Å². The average molecular weight is 241 g/mol. The van der Waals surface area contributed by atoms with Crippen molar-refractivity contribution in [3.63, 3.8) is 0 Å². The van der Waals surface area contributed by atoms with Crippen molar-refractivity contribution in [2.75, 3.05) is 6.54 Å². The highest BCUT2D eigenvalue weighted by molar-refractivity contribution is 5.78. The van der Waals surface area contributed by atoms with Gasteiger partial charge < -0.3 is 5.11 Å². The van der Waals surface area contributed by atoms with Crippen LogP contribution < -0.4 is 0 Å². The number of hydrogen-bond donors (Lipinski definition) is 1. The van der Waals surface area contributed by atoms with E-state index in [0.29, 0.717) is 17.9 Å². The maximum absolute atomic E-state index is 11.7. The van der Waals surface area contributed by atoms with Crippen molar-refractivity contribution in [3.05, 3.63) is 0 Å². The molecule has 3 nitrogen and oxygen atoms in total. The molecule has 0 saturated heterocycles. The standard InChI is InChI=1S/C14H27NO2/c1-10(2)8-14(5,13(16)17)15(9-11(3)4)12-6-7-12/h10-12H,6-9H2,1-5H3,(H,16,17). The average Bonchev–Trinajstić information content (AvgIpc) is 2.95. The lowest BCUT2D eigenvalue weighted by Crippen LogP contribution is -2.55. The molecule has 1 aliphatic rings. The van der Waals surface area contributed by atoms with E-state index in [-0.39, 0.29) is 0 Å². The molecule has 0 aromatic rings. The minimum absolute atomic E-state index is 0.407. The van der Waals surface area contributed by atoms with E-state index in [1.165, 1.54) is 0 Å². The van der Waals surface area contributed by atoms with Crippen LogP contribution in [0.4, 0.5) is 0 Å². The quantitative estimate of drug-likeness (QED) is 0.745. The molecule has 0 radical (unpaired) electrons. The van der Waals surface area contributed by atoms with Crippen LogP contribution in [0.2, 0.25) is 0 Å². The van der Waals surface area contributed by atoms with Gasteiger partial charge in [0.25, 0.3) is 0 Å². The molecule has 1 unspecified atom stereocenters. The van der Waals surface area contributed by atoms with E-state index in [4.69, 9.17) is 0 Å². The maximum atomic E-state index is 11.7. The molecular weight excluding hydrogens is 214 g/mol. The third-order valence-corrected chi connectivity index (χ3v) is 3.45. The lowest BCUT2D eigenvalue weighted by atomic mass is 9.88. The molecule has 1 saturated carbocycles. The summed E-state index contributed by atoms with van der Waals surface area (Å²) in [6, 6.07) is 0.497. The Kier molecular flexibility index (Phi) is 4.59. The van der Waals surface area contributed by atoms with E-state index < -0.39 is 11.5 Å². The van der Waals surface area contributed by atoms with Crippen molar-refractivity contribution in [2.24, 2.45) is 11.8 Å². The van der Waals surface area contributed by atoms with Crippen LogP contribution in [0.3, 0.4) is 0 Å². The Morgan fingerprint density at radius 2 is 1.82 bits per heavy atom. The van der Waals surface area contributed by atoms with Gasteiger partial charge in [0.05, 0.1) is 0 Å². The third-order valence-electron chi connectivity index (χ3n) is 3.45. The summed E-state index contributed by atoms with van der Waals surface area (Å²) in [5.41, 5.74) is -0.695. The van der Waals surface area contributed by atoms with Crippen LogP contribution in [0, 0.1) is 11.8 Å². The lowest BCUT2D eigenvalue weighted by Gasteiger charge is -2.40. The maximum Gasteiger partial charge on any atom is 0.323 e. The molecule has 0 amide bonds. The monoisotopic (exact) mass is 241 g/mol. The normalized spacial score (nSPS) is 20.0. The molecule has 1 N–H and O–H groups in total. The first-order valence-corrected chi connectivity index (χ1v) is 6.77. The topological polar surface area (TPSA) is 40.5 Å². The first-order chi connectivity index (χ1) is 7.77. The largest absolute Gasteiger partial charge is 0.480 e. The fourth-order valence-electron chi connectivity index (χ4n) is 2.66. The van der Waals surface area contributed by atoms with Crippen molar-refractivity contribution in [2.45, 2.75) is 65.5 Å². The molecule has 3 heteroatoms. The number of hydrogen-bond acceptors (Lipinski definition) is 2. The zero-order valence-electron chi connectivity index (χ0n) is 11.9. The van der Waals surface area contributed by atoms with Gasteiger partial charge in [-0.3, -0.25) is 9.69 Å². The summed E-state index contributed by atoms with van der Waals surface area (Å²) in [7, 11) is 0. The summed E-state index contributed by atoms with van der Waals surface area (Å²) in [6.45, 7) is 11.3. The second-order valence-electron chi connectivity index (χ2n) is 6.45. The van der Waals surface area contributed by atoms with E-state index in [2.05, 4.69) is 32.6 Å². The van der Waals surface area contributed by atoms with Crippen LogP contribution >= 0.6 is 0 Å². The Balaban J connectivity index is 2.87. The van der Waals surface area contributed by atoms with Crippen LogP contribution in [0.25, 0.3) is 0 Å². The molecular formula is C14H27NO2. The van der Waals surface area contributed by atoms with Crippen LogP contribution in [0.15, 0.2) is 0 Å². The predicted octanol–water partition coefficient (Wildman–Crippen LogP) is 3.00. The second kappa shape index (κ2) is 5.38. The molecule has 0 aromatic carbocycles. The summed E-state index contributed by atoms with van der Waals surface area (Å²) < 4.78 is 0. The van der Waals surface area contributed by atoms with Gasteiger partial charge in [0, 0.05) is 12.6 Å². The van der Waals surface area contributed by atoms with Gasteiger partial charge in [-0.25, -0.2) is 0 Å². The highest BCUT2D eigenvalue weighted by Gasteiger charge is 2.46. The highest BCUT2D eigenvalue weighted by Crippen LogP contribution is 2.36. The first-order valence-electron chi connectivity index (χ1n) is 6.77. The third kappa shape index (κ3) is 3.70. The number of carboxylic acid groups (broad SMARTS) is 1. The van der Waals surface area contributed by atoms with Gasteiger partial charge >= 0.3 is 5.97 Å². The molecule has 0 bridgehead atoms. The second-order valence-corrected chi connectivity index (χ2v) is 6.45. The van der Waals surface area contributed by atoms with Gasteiger partial charge in [0.15, 0.2) is 0 Å². The fourth-order valence-corrected chi connectivity index (χ4v) is 2.66. The fraction of sp³-hybridized carbons (Fsp3) is 0.929. The number of rotatable bonds is 7. The van der Waals surface area contributed by atoms with E-state index >= 15 is 0 Å². The molecule has 0 heterocycles. The van der Waals surface area contributed by atoms with Gasteiger partial charge in [0.1, 0.15) is 5.54 Å². The smallest absolute Gasteiger partial charge is 0.323 e. The van der Waals surface area contributed by atoms with E-state index in [1.54, 1.807) is 0 Å². The molecule has 17 heavy (non-hydrogen) atoms. The van der Waals surface area contributed by atoms with Gasteiger partial charge in [0.2, 0.25) is 0 Å². The van der Waals surface area contributed by atoms with Crippen molar-refractivity contribution in [3.8, 4) is 0 Å². The van der Waals surface area contributed by atoms with E-state index in [9.17, 15) is 9.90 Å². The van der Waals surface area contributed by atoms with Crippen molar-refractivity contribution < 1.29 is 9.90 Å². The summed E-state index contributed by atoms with van der Waals surface area (Å²) in [5, 5.41) is 9.60. The van der Waals surface area contributed by atoms with Crippen molar-refractivity contribution in [1.29, 1.82) is 0 Å². The van der Waals surface area contributed by atoms with Crippen LogP contribution in [-0.4, -0.2) is 34.1 Å². The molecule has 100 valence electrons. The highest BCUT2D eigenvalue weighted by atomic mass is 16.4. The first kappa shape index (κ1) is 14.5. The summed E-state index contributed by atoms with van der Waals surface area (Å²) in [4.78, 5) is 13.9. The summed E-state index contributed by atoms with van der Waals surface area (Å²) in [6.07, 6.45) is 3.05. The molecule has 1 fully saturated rings. The Morgan fingerprint density at radius 1 is 1.29 bits per heavy atom. The van der Waals surface area contributed by atoms with Crippen molar-refractivity contribution in [1.82, 2.24) is 4.90 Å². The lowest BCUT2D eigenvalue weighted by molar-refractivity contribution is -0.152. The number of aliphatic carboxylic acids is 1. The Bertz CT molecular complexity index is 271. The molecule has 0 aliphatic heterocycles. The minimum Gasteiger partial charge on any atom is -0.480 e. The molecule has 1 aliphatic carbocycles. The molecule has 0 spiro atoms. The molecule has 1 rings (SSSR count). The Morgan fingerprint density at radius 3 is 2.12 bits per heavy atom. The van der Waals surface area contributed by atoms with Gasteiger partial charge in [-0.1, -0.05) is 27.7 Å². The van der Waals surface area contributed by atoms with Crippen molar-refractivity contribution >= 4 is 5.97 Å². The molecule has 0 aromatic heterocycles. The molecule has 1 atom stereocenters. The minimum atomic E-state index is -0.695. The number of carboxylic acids is 1. The zero-order valence-corrected chi connectivity index (χ0v) is 11.9. The van der Waals surface area contributed by atoms with Gasteiger partial charge in [-0.2, -0.15) is 0 Å². The summed E-state index contributed by atoms with van der Waals surface area (Å²) in [5.74, 6) is 0.254. The zero-order chi connectivity index (χ0) is 13.2. The Labute approximate surface area is 105 Å². The van der Waals surface area contributed by atoms with Crippen LogP contribution in [-0.2, 0) is 4.79 Å². The number of nitrogens with zero attached hydrogens (tertiary/aromatic N) is 1. The Hall–Kier alpha value is -0.570. The summed E-state index contributed by atoms with van der Waals surface area (Å²) >= 11 is 0.